The molecular formula is C20H17NO3S. The summed E-state index contributed by atoms with van der Waals surface area (Å²) in [5, 5.41) is 10.9. The second-order valence-electron chi connectivity index (χ2n) is 5.49. The highest BCUT2D eigenvalue weighted by molar-refractivity contribution is 8.18. The lowest BCUT2D eigenvalue weighted by molar-refractivity contribution is -0.135. The summed E-state index contributed by atoms with van der Waals surface area (Å²) in [6.07, 6.45) is 1.83. The van der Waals surface area contributed by atoms with E-state index >= 15 is 0 Å². The van der Waals surface area contributed by atoms with Gasteiger partial charge in [0.1, 0.15) is 16.4 Å². The number of carbonyl (C=O) groups is 1. The third-order valence-electron chi connectivity index (χ3n) is 3.64. The molecule has 0 bridgehead atoms. The van der Waals surface area contributed by atoms with E-state index in [-0.39, 0.29) is 11.3 Å². The third-order valence-corrected chi connectivity index (χ3v) is 4.66. The highest BCUT2D eigenvalue weighted by atomic mass is 32.2. The van der Waals surface area contributed by atoms with E-state index in [9.17, 15) is 9.90 Å². The van der Waals surface area contributed by atoms with E-state index in [0.717, 1.165) is 11.1 Å². The second kappa shape index (κ2) is 7.40. The molecule has 3 rings (SSSR count). The molecule has 4 nitrogen and oxygen atoms in total. The smallest absolute Gasteiger partial charge is 0.344 e. The van der Waals surface area contributed by atoms with Gasteiger partial charge in [0.15, 0.2) is 0 Å². The molecule has 0 atom stereocenters. The average molecular weight is 351 g/mol. The molecule has 2 aromatic rings. The van der Waals surface area contributed by atoms with Crippen molar-refractivity contribution in [2.75, 3.05) is 7.11 Å². The summed E-state index contributed by atoms with van der Waals surface area (Å²) in [4.78, 5) is 17.2. The maximum Gasteiger partial charge on any atom is 0.344 e. The Balaban J connectivity index is 2.03. The largest absolute Gasteiger partial charge is 0.506 e. The molecule has 0 amide bonds. The minimum absolute atomic E-state index is 0.0923. The summed E-state index contributed by atoms with van der Waals surface area (Å²) >= 11 is 1.25. The van der Waals surface area contributed by atoms with Crippen molar-refractivity contribution in [3.05, 3.63) is 82.0 Å². The number of esters is 1. The van der Waals surface area contributed by atoms with Crippen molar-refractivity contribution < 1.29 is 14.6 Å². The monoisotopic (exact) mass is 351 g/mol. The first-order chi connectivity index (χ1) is 12.1. The number of hydrogen-bond donors (Lipinski definition) is 1. The molecule has 126 valence electrons. The van der Waals surface area contributed by atoms with Crippen LogP contribution in [-0.2, 0) is 9.53 Å². The van der Waals surface area contributed by atoms with Gasteiger partial charge in [-0.1, -0.05) is 59.8 Å². The van der Waals surface area contributed by atoms with Gasteiger partial charge in [-0.25, -0.2) is 9.79 Å². The van der Waals surface area contributed by atoms with Gasteiger partial charge in [0, 0.05) is 0 Å². The molecule has 1 aliphatic rings. The van der Waals surface area contributed by atoms with Crippen LogP contribution >= 0.6 is 11.8 Å². The molecule has 2 aromatic carbocycles. The Labute approximate surface area is 150 Å². The highest BCUT2D eigenvalue weighted by Gasteiger charge is 2.32. The Hall–Kier alpha value is -2.79. The molecule has 0 aromatic heterocycles. The quantitative estimate of drug-likeness (QED) is 0.807. The second-order valence-corrected chi connectivity index (χ2v) is 6.52. The van der Waals surface area contributed by atoms with Crippen LogP contribution in [0.3, 0.4) is 0 Å². The number of methoxy groups -OCH3 is 1. The molecule has 5 heteroatoms. The fourth-order valence-corrected chi connectivity index (χ4v) is 3.36. The minimum Gasteiger partial charge on any atom is -0.506 e. The first-order valence-corrected chi connectivity index (χ1v) is 8.52. The van der Waals surface area contributed by atoms with Gasteiger partial charge in [-0.2, -0.15) is 0 Å². The van der Waals surface area contributed by atoms with Crippen molar-refractivity contribution in [3.8, 4) is 0 Å². The van der Waals surface area contributed by atoms with Crippen LogP contribution in [0.1, 0.15) is 11.1 Å². The van der Waals surface area contributed by atoms with Crippen molar-refractivity contribution in [1.82, 2.24) is 0 Å². The number of ether oxygens (including phenoxy) is 1. The lowest BCUT2D eigenvalue weighted by atomic mass is 10.1. The van der Waals surface area contributed by atoms with E-state index in [1.807, 2.05) is 67.6 Å². The van der Waals surface area contributed by atoms with Crippen LogP contribution in [0.5, 0.6) is 0 Å². The van der Waals surface area contributed by atoms with E-state index in [1.54, 1.807) is 0 Å². The summed E-state index contributed by atoms with van der Waals surface area (Å²) < 4.78 is 4.81. The number of nitrogens with zero attached hydrogens (tertiary/aromatic N) is 1. The first-order valence-electron chi connectivity index (χ1n) is 7.70. The van der Waals surface area contributed by atoms with Gasteiger partial charge in [0.25, 0.3) is 0 Å². The van der Waals surface area contributed by atoms with Crippen LogP contribution in [0.2, 0.25) is 0 Å². The molecule has 0 fully saturated rings. The number of hydrogen-bond acceptors (Lipinski definition) is 5. The molecule has 1 N–H and O–H groups in total. The zero-order valence-corrected chi connectivity index (χ0v) is 14.7. The van der Waals surface area contributed by atoms with Crippen LogP contribution in [-0.4, -0.2) is 23.2 Å². The van der Waals surface area contributed by atoms with Crippen molar-refractivity contribution in [2.24, 2.45) is 4.99 Å². The van der Waals surface area contributed by atoms with Gasteiger partial charge in [-0.05, 0) is 30.7 Å². The number of benzene rings is 2. The molecule has 0 unspecified atom stereocenters. The number of para-hydroxylation sites is 1. The lowest BCUT2D eigenvalue weighted by Gasteiger charge is -2.01. The number of thioether (sulfide) groups is 1. The predicted molar refractivity (Wildman–Crippen MR) is 102 cm³/mol. The number of aryl methyl sites for hydroxylation is 1. The zero-order chi connectivity index (χ0) is 17.8. The third kappa shape index (κ3) is 3.83. The number of aliphatic hydroxyl groups is 1. The summed E-state index contributed by atoms with van der Waals surface area (Å²) in [5.74, 6) is -0.709. The molecular weight excluding hydrogens is 334 g/mol. The average Bonchev–Trinajstić information content (AvgIpc) is 2.92. The van der Waals surface area contributed by atoms with Gasteiger partial charge in [-0.15, -0.1) is 0 Å². The highest BCUT2D eigenvalue weighted by Crippen LogP contribution is 2.40. The Kier molecular flexibility index (Phi) is 5.05. The van der Waals surface area contributed by atoms with Crippen molar-refractivity contribution in [3.63, 3.8) is 0 Å². The topological polar surface area (TPSA) is 58.9 Å². The molecule has 25 heavy (non-hydrogen) atoms. The van der Waals surface area contributed by atoms with Gasteiger partial charge < -0.3 is 9.84 Å². The summed E-state index contributed by atoms with van der Waals surface area (Å²) in [6.45, 7) is 2.01. The first kappa shape index (κ1) is 17.0. The molecule has 1 heterocycles. The Morgan fingerprint density at radius 2 is 1.80 bits per heavy atom. The van der Waals surface area contributed by atoms with E-state index in [0.29, 0.717) is 15.6 Å². The fourth-order valence-electron chi connectivity index (χ4n) is 2.32. The standard InChI is InChI=1S/C20H17NO3S/c1-13-8-10-14(11-9-13)12-16-18(22)17(20(23)24-2)19(25-16)21-15-6-4-3-5-7-15/h3-12,22H,1-2H3. The van der Waals surface area contributed by atoms with Gasteiger partial charge in [0.2, 0.25) is 0 Å². The van der Waals surface area contributed by atoms with Crippen molar-refractivity contribution in [2.45, 2.75) is 6.92 Å². The molecule has 0 aliphatic carbocycles. The van der Waals surface area contributed by atoms with Crippen molar-refractivity contribution >= 4 is 34.5 Å². The summed E-state index contributed by atoms with van der Waals surface area (Å²) in [6, 6.07) is 17.2. The summed E-state index contributed by atoms with van der Waals surface area (Å²) in [7, 11) is 1.29. The maximum atomic E-state index is 12.1. The number of aliphatic imine (C=N–C) groups is 1. The molecule has 0 radical (unpaired) electrons. The molecule has 0 spiro atoms. The fraction of sp³-hybridized carbons (Fsp3) is 0.100. The van der Waals surface area contributed by atoms with Crippen LogP contribution in [0.25, 0.3) is 6.08 Å². The van der Waals surface area contributed by atoms with E-state index in [1.165, 1.54) is 18.9 Å². The molecule has 0 saturated carbocycles. The van der Waals surface area contributed by atoms with Gasteiger partial charge in [-0.3, -0.25) is 0 Å². The number of aliphatic hydroxyl groups excluding tert-OH is 1. The van der Waals surface area contributed by atoms with E-state index in [4.69, 9.17) is 4.74 Å². The lowest BCUT2D eigenvalue weighted by Crippen LogP contribution is -2.10. The van der Waals surface area contributed by atoms with Crippen LogP contribution < -0.4 is 0 Å². The normalized spacial score (nSPS) is 17.4. The molecule has 0 saturated heterocycles. The van der Waals surface area contributed by atoms with E-state index < -0.39 is 5.97 Å². The Morgan fingerprint density at radius 3 is 2.44 bits per heavy atom. The van der Waals surface area contributed by atoms with Gasteiger partial charge in [0.05, 0.1) is 17.7 Å². The predicted octanol–water partition coefficient (Wildman–Crippen LogP) is 4.80. The Morgan fingerprint density at radius 1 is 1.12 bits per heavy atom. The SMILES string of the molecule is COC(=O)C1=C(O)C(=Cc2ccc(C)cc2)SC1=Nc1ccccc1. The maximum absolute atomic E-state index is 12.1. The van der Waals surface area contributed by atoms with Gasteiger partial charge >= 0.3 is 5.97 Å². The number of rotatable bonds is 3. The number of carbonyl (C=O) groups excluding carboxylic acids is 1. The van der Waals surface area contributed by atoms with Crippen LogP contribution in [0, 0.1) is 6.92 Å². The van der Waals surface area contributed by atoms with Crippen LogP contribution in [0.4, 0.5) is 5.69 Å². The minimum atomic E-state index is -0.605. The molecule has 1 aliphatic heterocycles. The van der Waals surface area contributed by atoms with Crippen molar-refractivity contribution in [1.29, 1.82) is 0 Å². The van der Waals surface area contributed by atoms with Crippen LogP contribution in [0.15, 0.2) is 75.8 Å². The summed E-state index contributed by atoms with van der Waals surface area (Å²) in [5.41, 5.74) is 2.89. The van der Waals surface area contributed by atoms with E-state index in [2.05, 4.69) is 4.99 Å². The zero-order valence-electron chi connectivity index (χ0n) is 13.9. The Bertz CT molecular complexity index is 881.